The summed E-state index contributed by atoms with van der Waals surface area (Å²) in [4.78, 5) is 14.7. The van der Waals surface area contributed by atoms with Gasteiger partial charge in [-0.25, -0.2) is 0 Å². The highest BCUT2D eigenvalue weighted by Crippen LogP contribution is 2.32. The van der Waals surface area contributed by atoms with E-state index in [1.54, 1.807) is 0 Å². The second kappa shape index (κ2) is 6.29. The van der Waals surface area contributed by atoms with Crippen LogP contribution in [0.4, 0.5) is 0 Å². The van der Waals surface area contributed by atoms with Crippen LogP contribution in [-0.4, -0.2) is 16.1 Å². The van der Waals surface area contributed by atoms with Crippen LogP contribution in [0, 0.1) is 0 Å². The fourth-order valence-corrected chi connectivity index (χ4v) is 3.24. The molecule has 122 valence electrons. The summed E-state index contributed by atoms with van der Waals surface area (Å²) in [6.07, 6.45) is -0.000215. The van der Waals surface area contributed by atoms with Crippen molar-refractivity contribution in [3.05, 3.63) is 84.4 Å². The first-order chi connectivity index (χ1) is 12.2. The van der Waals surface area contributed by atoms with Crippen LogP contribution in [0.5, 0.6) is 0 Å². The summed E-state index contributed by atoms with van der Waals surface area (Å²) in [6, 6.07) is 26.2. The summed E-state index contributed by atoms with van der Waals surface area (Å²) in [5, 5.41) is 10.3. The van der Waals surface area contributed by atoms with Gasteiger partial charge in [-0.05, 0) is 28.3 Å². The molecule has 1 aromatic heterocycles. The Bertz CT molecular complexity index is 1030. The van der Waals surface area contributed by atoms with Gasteiger partial charge in [-0.2, -0.15) is 0 Å². The summed E-state index contributed by atoms with van der Waals surface area (Å²) in [5.41, 5.74) is 5.96. The maximum absolute atomic E-state index is 11.3. The molecule has 3 heteroatoms. The first kappa shape index (κ1) is 15.2. The van der Waals surface area contributed by atoms with Crippen LogP contribution in [0.3, 0.4) is 0 Å². The topological polar surface area (TPSA) is 53.1 Å². The summed E-state index contributed by atoms with van der Waals surface area (Å²) >= 11 is 0. The second-order valence-corrected chi connectivity index (χ2v) is 6.04. The van der Waals surface area contributed by atoms with E-state index in [0.717, 1.165) is 38.9 Å². The average molecular weight is 327 g/mol. The number of carboxylic acid groups (broad SMARTS) is 1. The molecule has 0 aliphatic carbocycles. The summed E-state index contributed by atoms with van der Waals surface area (Å²) < 4.78 is 0. The van der Waals surface area contributed by atoms with Gasteiger partial charge >= 0.3 is 5.97 Å². The van der Waals surface area contributed by atoms with Gasteiger partial charge in [0.05, 0.1) is 12.1 Å². The molecule has 0 aliphatic rings. The Morgan fingerprint density at radius 3 is 2.08 bits per heavy atom. The Balaban J connectivity index is 1.80. The van der Waals surface area contributed by atoms with E-state index in [4.69, 9.17) is 0 Å². The maximum atomic E-state index is 11.3. The normalized spacial score (nSPS) is 10.9. The van der Waals surface area contributed by atoms with Gasteiger partial charge in [0.1, 0.15) is 0 Å². The fourth-order valence-electron chi connectivity index (χ4n) is 3.24. The number of carbonyl (C=O) groups is 1. The van der Waals surface area contributed by atoms with E-state index < -0.39 is 5.97 Å². The van der Waals surface area contributed by atoms with Crippen molar-refractivity contribution in [2.45, 2.75) is 6.42 Å². The molecule has 3 nitrogen and oxygen atoms in total. The third kappa shape index (κ3) is 2.92. The molecule has 0 fully saturated rings. The molecule has 4 rings (SSSR count). The minimum Gasteiger partial charge on any atom is -0.481 e. The Labute approximate surface area is 145 Å². The van der Waals surface area contributed by atoms with Crippen molar-refractivity contribution < 1.29 is 9.90 Å². The number of benzene rings is 3. The smallest absolute Gasteiger partial charge is 0.307 e. The van der Waals surface area contributed by atoms with E-state index in [-0.39, 0.29) is 6.42 Å². The zero-order valence-electron chi connectivity index (χ0n) is 13.6. The highest BCUT2D eigenvalue weighted by Gasteiger charge is 2.15. The lowest BCUT2D eigenvalue weighted by Crippen LogP contribution is -2.00. The Hall–Kier alpha value is -3.33. The van der Waals surface area contributed by atoms with Gasteiger partial charge in [0, 0.05) is 10.9 Å². The predicted molar refractivity (Wildman–Crippen MR) is 101 cm³/mol. The van der Waals surface area contributed by atoms with E-state index in [9.17, 15) is 9.90 Å². The van der Waals surface area contributed by atoms with E-state index in [0.29, 0.717) is 0 Å². The number of hydrogen-bond donors (Lipinski definition) is 2. The van der Waals surface area contributed by atoms with E-state index >= 15 is 0 Å². The number of rotatable bonds is 4. The lowest BCUT2D eigenvalue weighted by Gasteiger charge is -2.06. The number of H-pyrrole nitrogens is 1. The molecule has 25 heavy (non-hydrogen) atoms. The number of aromatic amines is 1. The molecule has 0 amide bonds. The molecule has 0 radical (unpaired) electrons. The number of para-hydroxylation sites is 1. The van der Waals surface area contributed by atoms with Crippen LogP contribution >= 0.6 is 0 Å². The van der Waals surface area contributed by atoms with Gasteiger partial charge in [-0.1, -0.05) is 72.8 Å². The number of hydrogen-bond acceptors (Lipinski definition) is 1. The third-order valence-electron chi connectivity index (χ3n) is 4.42. The van der Waals surface area contributed by atoms with Gasteiger partial charge < -0.3 is 10.1 Å². The van der Waals surface area contributed by atoms with E-state index in [1.165, 1.54) is 0 Å². The van der Waals surface area contributed by atoms with Gasteiger partial charge in [-0.3, -0.25) is 4.79 Å². The second-order valence-electron chi connectivity index (χ2n) is 6.04. The highest BCUT2D eigenvalue weighted by molar-refractivity contribution is 5.94. The molecule has 2 N–H and O–H groups in total. The van der Waals surface area contributed by atoms with Gasteiger partial charge in [0.25, 0.3) is 0 Å². The van der Waals surface area contributed by atoms with E-state index in [2.05, 4.69) is 29.2 Å². The molecule has 0 saturated carbocycles. The number of nitrogens with one attached hydrogen (secondary N) is 1. The third-order valence-corrected chi connectivity index (χ3v) is 4.42. The molecular formula is C22H17NO2. The first-order valence-corrected chi connectivity index (χ1v) is 8.19. The molecular weight excluding hydrogens is 310 g/mol. The molecule has 0 atom stereocenters. The monoisotopic (exact) mass is 327 g/mol. The summed E-state index contributed by atoms with van der Waals surface area (Å²) in [6.45, 7) is 0. The SMILES string of the molecule is O=C(O)Cc1c(-c2ccc(-c3ccccc3)cc2)[nH]c2ccccc12. The van der Waals surface area contributed by atoms with Crippen molar-refractivity contribution in [1.29, 1.82) is 0 Å². The lowest BCUT2D eigenvalue weighted by atomic mass is 9.99. The quantitative estimate of drug-likeness (QED) is 0.546. The number of fused-ring (bicyclic) bond motifs is 1. The zero-order valence-corrected chi connectivity index (χ0v) is 13.6. The van der Waals surface area contributed by atoms with Gasteiger partial charge in [0.2, 0.25) is 0 Å². The number of aromatic nitrogens is 1. The number of aliphatic carboxylic acids is 1. The van der Waals surface area contributed by atoms with Crippen LogP contribution < -0.4 is 0 Å². The average Bonchev–Trinajstić information content (AvgIpc) is 3.01. The molecule has 0 saturated heterocycles. The predicted octanol–water partition coefficient (Wildman–Crippen LogP) is 5.13. The van der Waals surface area contributed by atoms with Crippen LogP contribution in [0.1, 0.15) is 5.56 Å². The zero-order chi connectivity index (χ0) is 17.2. The molecule has 4 aromatic rings. The molecule has 3 aromatic carbocycles. The largest absolute Gasteiger partial charge is 0.481 e. The molecule has 1 heterocycles. The van der Waals surface area contributed by atoms with Crippen LogP contribution in [0.2, 0.25) is 0 Å². The standard InChI is InChI=1S/C22H17NO2/c24-21(25)14-19-18-8-4-5-9-20(18)23-22(19)17-12-10-16(11-13-17)15-6-2-1-3-7-15/h1-13,23H,14H2,(H,24,25). The van der Waals surface area contributed by atoms with Crippen molar-refractivity contribution in [1.82, 2.24) is 4.98 Å². The molecule has 0 unspecified atom stereocenters. The van der Waals surface area contributed by atoms with Crippen molar-refractivity contribution in [3.8, 4) is 22.4 Å². The minimum absolute atomic E-state index is 0.000215. The lowest BCUT2D eigenvalue weighted by molar-refractivity contribution is -0.136. The summed E-state index contributed by atoms with van der Waals surface area (Å²) in [7, 11) is 0. The highest BCUT2D eigenvalue weighted by atomic mass is 16.4. The van der Waals surface area contributed by atoms with Crippen molar-refractivity contribution in [2.75, 3.05) is 0 Å². The fraction of sp³-hybridized carbons (Fsp3) is 0.0455. The van der Waals surface area contributed by atoms with Crippen molar-refractivity contribution in [2.24, 2.45) is 0 Å². The summed E-state index contributed by atoms with van der Waals surface area (Å²) in [5.74, 6) is -0.827. The molecule has 0 bridgehead atoms. The van der Waals surface area contributed by atoms with Gasteiger partial charge in [0.15, 0.2) is 0 Å². The van der Waals surface area contributed by atoms with Crippen LogP contribution in [0.25, 0.3) is 33.3 Å². The van der Waals surface area contributed by atoms with Crippen molar-refractivity contribution >= 4 is 16.9 Å². The Kier molecular flexibility index (Phi) is 3.82. The van der Waals surface area contributed by atoms with Crippen LogP contribution in [-0.2, 0) is 11.2 Å². The number of carboxylic acids is 1. The molecule has 0 spiro atoms. The maximum Gasteiger partial charge on any atom is 0.307 e. The Morgan fingerprint density at radius 2 is 1.36 bits per heavy atom. The minimum atomic E-state index is -0.827. The Morgan fingerprint density at radius 1 is 0.760 bits per heavy atom. The first-order valence-electron chi connectivity index (χ1n) is 8.19. The van der Waals surface area contributed by atoms with E-state index in [1.807, 2.05) is 54.6 Å². The molecule has 0 aliphatic heterocycles. The van der Waals surface area contributed by atoms with Crippen molar-refractivity contribution in [3.63, 3.8) is 0 Å². The van der Waals surface area contributed by atoms with Crippen LogP contribution in [0.15, 0.2) is 78.9 Å². The van der Waals surface area contributed by atoms with Gasteiger partial charge in [-0.15, -0.1) is 0 Å².